The van der Waals surface area contributed by atoms with E-state index in [1.54, 1.807) is 24.3 Å². The smallest absolute Gasteiger partial charge is 0.343 e. The van der Waals surface area contributed by atoms with E-state index in [1.165, 1.54) is 44.2 Å². The van der Waals surface area contributed by atoms with Crippen molar-refractivity contribution in [3.8, 4) is 11.5 Å². The van der Waals surface area contributed by atoms with Crippen LogP contribution in [0.4, 0.5) is 0 Å². The van der Waals surface area contributed by atoms with Gasteiger partial charge in [0, 0.05) is 12.5 Å². The SMILES string of the molecule is CC(=O)Oc1ccc(C(=O)Oc2ccc(C=C(C)C(=O)O)cc2)cc1. The fraction of sp³-hybridized carbons (Fsp3) is 0.105. The summed E-state index contributed by atoms with van der Waals surface area (Å²) in [4.78, 5) is 33.7. The number of hydrogen-bond donors (Lipinski definition) is 1. The molecule has 0 radical (unpaired) electrons. The van der Waals surface area contributed by atoms with E-state index in [-0.39, 0.29) is 5.57 Å². The van der Waals surface area contributed by atoms with E-state index < -0.39 is 17.9 Å². The summed E-state index contributed by atoms with van der Waals surface area (Å²) in [5.41, 5.74) is 1.20. The molecule has 0 unspecified atom stereocenters. The van der Waals surface area contributed by atoms with E-state index in [4.69, 9.17) is 14.6 Å². The largest absolute Gasteiger partial charge is 0.478 e. The summed E-state index contributed by atoms with van der Waals surface area (Å²) < 4.78 is 10.1. The summed E-state index contributed by atoms with van der Waals surface area (Å²) in [5.74, 6) is -1.32. The van der Waals surface area contributed by atoms with Gasteiger partial charge in [-0.05, 0) is 55.0 Å². The zero-order chi connectivity index (χ0) is 18.4. The number of carbonyl (C=O) groups is 3. The topological polar surface area (TPSA) is 89.9 Å². The Labute approximate surface area is 144 Å². The molecule has 0 saturated carbocycles. The first-order valence-electron chi connectivity index (χ1n) is 7.37. The van der Waals surface area contributed by atoms with Gasteiger partial charge in [-0.3, -0.25) is 4.79 Å². The lowest BCUT2D eigenvalue weighted by Gasteiger charge is -2.06. The lowest BCUT2D eigenvalue weighted by Crippen LogP contribution is -2.08. The number of esters is 2. The Morgan fingerprint density at radius 2 is 1.36 bits per heavy atom. The normalized spacial score (nSPS) is 10.9. The van der Waals surface area contributed by atoms with E-state index in [0.29, 0.717) is 22.6 Å². The quantitative estimate of drug-likeness (QED) is 0.510. The average molecular weight is 340 g/mol. The average Bonchev–Trinajstić information content (AvgIpc) is 2.56. The number of ether oxygens (including phenoxy) is 2. The molecule has 0 heterocycles. The molecule has 0 fully saturated rings. The van der Waals surface area contributed by atoms with Crippen LogP contribution in [0, 0.1) is 0 Å². The lowest BCUT2D eigenvalue weighted by atomic mass is 10.1. The third kappa shape index (κ3) is 5.31. The van der Waals surface area contributed by atoms with Gasteiger partial charge in [0.15, 0.2) is 0 Å². The van der Waals surface area contributed by atoms with Crippen LogP contribution in [0.5, 0.6) is 11.5 Å². The first-order valence-corrected chi connectivity index (χ1v) is 7.37. The van der Waals surface area contributed by atoms with Gasteiger partial charge in [-0.25, -0.2) is 9.59 Å². The highest BCUT2D eigenvalue weighted by Crippen LogP contribution is 2.18. The van der Waals surface area contributed by atoms with Crippen LogP contribution < -0.4 is 9.47 Å². The van der Waals surface area contributed by atoms with Crippen LogP contribution >= 0.6 is 0 Å². The van der Waals surface area contributed by atoms with Crippen molar-refractivity contribution < 1.29 is 29.0 Å². The van der Waals surface area contributed by atoms with Crippen molar-refractivity contribution in [2.45, 2.75) is 13.8 Å². The Bertz CT molecular complexity index is 816. The number of hydrogen-bond acceptors (Lipinski definition) is 5. The van der Waals surface area contributed by atoms with E-state index in [1.807, 2.05) is 0 Å². The summed E-state index contributed by atoms with van der Waals surface area (Å²) >= 11 is 0. The molecule has 2 rings (SSSR count). The van der Waals surface area contributed by atoms with Gasteiger partial charge < -0.3 is 14.6 Å². The maximum Gasteiger partial charge on any atom is 0.343 e. The van der Waals surface area contributed by atoms with Gasteiger partial charge in [0.1, 0.15) is 11.5 Å². The van der Waals surface area contributed by atoms with Gasteiger partial charge in [-0.15, -0.1) is 0 Å². The zero-order valence-corrected chi connectivity index (χ0v) is 13.7. The maximum absolute atomic E-state index is 12.1. The van der Waals surface area contributed by atoms with Gasteiger partial charge in [0.25, 0.3) is 0 Å². The van der Waals surface area contributed by atoms with Gasteiger partial charge in [-0.1, -0.05) is 12.1 Å². The second-order valence-corrected chi connectivity index (χ2v) is 5.21. The van der Waals surface area contributed by atoms with Crippen molar-refractivity contribution >= 4 is 24.0 Å². The van der Waals surface area contributed by atoms with Crippen molar-refractivity contribution in [1.29, 1.82) is 0 Å². The highest BCUT2D eigenvalue weighted by atomic mass is 16.5. The number of carboxylic acids is 1. The van der Waals surface area contributed by atoms with Crippen LogP contribution in [0.3, 0.4) is 0 Å². The van der Waals surface area contributed by atoms with E-state index >= 15 is 0 Å². The molecule has 6 nitrogen and oxygen atoms in total. The second-order valence-electron chi connectivity index (χ2n) is 5.21. The van der Waals surface area contributed by atoms with Crippen LogP contribution in [-0.4, -0.2) is 23.0 Å². The monoisotopic (exact) mass is 340 g/mol. The minimum atomic E-state index is -0.993. The molecule has 25 heavy (non-hydrogen) atoms. The molecule has 0 aliphatic heterocycles. The zero-order valence-electron chi connectivity index (χ0n) is 13.7. The van der Waals surface area contributed by atoms with Crippen LogP contribution in [-0.2, 0) is 9.59 Å². The highest BCUT2D eigenvalue weighted by molar-refractivity contribution is 5.92. The van der Waals surface area contributed by atoms with E-state index in [2.05, 4.69) is 0 Å². The molecular weight excluding hydrogens is 324 g/mol. The summed E-state index contributed by atoms with van der Waals surface area (Å²) in [6, 6.07) is 12.4. The number of aliphatic carboxylic acids is 1. The van der Waals surface area contributed by atoms with Gasteiger partial charge in [0.2, 0.25) is 0 Å². The van der Waals surface area contributed by atoms with Crippen LogP contribution in [0.2, 0.25) is 0 Å². The Hall–Kier alpha value is -3.41. The molecule has 2 aromatic carbocycles. The Morgan fingerprint density at radius 1 is 0.840 bits per heavy atom. The molecule has 1 N–H and O–H groups in total. The Morgan fingerprint density at radius 3 is 1.88 bits per heavy atom. The highest BCUT2D eigenvalue weighted by Gasteiger charge is 2.09. The fourth-order valence-electron chi connectivity index (χ4n) is 1.93. The molecule has 128 valence electrons. The second kappa shape index (κ2) is 7.92. The number of rotatable bonds is 5. The Balaban J connectivity index is 2.04. The minimum absolute atomic E-state index is 0.206. The predicted octanol–water partition coefficient (Wildman–Crippen LogP) is 3.32. The Kier molecular flexibility index (Phi) is 5.68. The van der Waals surface area contributed by atoms with E-state index in [0.717, 1.165) is 0 Å². The molecule has 6 heteroatoms. The number of benzene rings is 2. The van der Waals surface area contributed by atoms with Crippen molar-refractivity contribution in [3.63, 3.8) is 0 Å². The standard InChI is InChI=1S/C19H16O6/c1-12(18(21)22)11-14-3-7-17(8-4-14)25-19(23)15-5-9-16(10-6-15)24-13(2)20/h3-11H,1-2H3,(H,21,22). The minimum Gasteiger partial charge on any atom is -0.478 e. The van der Waals surface area contributed by atoms with Gasteiger partial charge in [-0.2, -0.15) is 0 Å². The van der Waals surface area contributed by atoms with E-state index in [9.17, 15) is 14.4 Å². The lowest BCUT2D eigenvalue weighted by molar-refractivity contribution is -0.133. The van der Waals surface area contributed by atoms with Crippen LogP contribution in [0.25, 0.3) is 6.08 Å². The molecule has 0 aromatic heterocycles. The predicted molar refractivity (Wildman–Crippen MR) is 90.4 cm³/mol. The molecular formula is C19H16O6. The fourth-order valence-corrected chi connectivity index (χ4v) is 1.93. The molecule has 0 saturated heterocycles. The van der Waals surface area contributed by atoms with Gasteiger partial charge in [0.05, 0.1) is 5.56 Å². The molecule has 0 aliphatic rings. The molecule has 2 aromatic rings. The van der Waals surface area contributed by atoms with Crippen LogP contribution in [0.1, 0.15) is 29.8 Å². The number of carboxylic acid groups (broad SMARTS) is 1. The first kappa shape index (κ1) is 17.9. The third-order valence-corrected chi connectivity index (χ3v) is 3.16. The van der Waals surface area contributed by atoms with Gasteiger partial charge >= 0.3 is 17.9 Å². The number of carbonyl (C=O) groups excluding carboxylic acids is 2. The summed E-state index contributed by atoms with van der Waals surface area (Å²) in [5, 5.41) is 8.85. The van der Waals surface area contributed by atoms with Crippen molar-refractivity contribution in [2.75, 3.05) is 0 Å². The summed E-state index contributed by atoms with van der Waals surface area (Å²) in [7, 11) is 0. The first-order chi connectivity index (χ1) is 11.8. The molecule has 0 spiro atoms. The summed E-state index contributed by atoms with van der Waals surface area (Å²) in [6.07, 6.45) is 1.52. The van der Waals surface area contributed by atoms with Crippen molar-refractivity contribution in [3.05, 3.63) is 65.2 Å². The van der Waals surface area contributed by atoms with Crippen molar-refractivity contribution in [2.24, 2.45) is 0 Å². The maximum atomic E-state index is 12.1. The molecule has 0 aliphatic carbocycles. The summed E-state index contributed by atoms with van der Waals surface area (Å²) in [6.45, 7) is 2.79. The van der Waals surface area contributed by atoms with Crippen LogP contribution in [0.15, 0.2) is 54.1 Å². The molecule has 0 bridgehead atoms. The molecule has 0 atom stereocenters. The third-order valence-electron chi connectivity index (χ3n) is 3.16. The van der Waals surface area contributed by atoms with Crippen molar-refractivity contribution in [1.82, 2.24) is 0 Å². The molecule has 0 amide bonds.